The summed E-state index contributed by atoms with van der Waals surface area (Å²) < 4.78 is 70.3. The van der Waals surface area contributed by atoms with Gasteiger partial charge in [-0.3, -0.25) is 9.36 Å². The van der Waals surface area contributed by atoms with E-state index in [-0.39, 0.29) is 47.3 Å². The van der Waals surface area contributed by atoms with Crippen molar-refractivity contribution in [2.24, 2.45) is 0 Å². The Morgan fingerprint density at radius 1 is 1.26 bits per heavy atom. The molecule has 13 nitrogen and oxygen atoms in total. The number of carbonyl (C=O) groups is 1. The number of aryl methyl sites for hydroxylation is 1. The van der Waals surface area contributed by atoms with Crippen LogP contribution in [-0.4, -0.2) is 95.7 Å². The second-order valence-corrected chi connectivity index (χ2v) is 14.2. The van der Waals surface area contributed by atoms with Crippen LogP contribution in [0.4, 0.5) is 14.5 Å². The second kappa shape index (κ2) is 10.6. The highest BCUT2D eigenvalue weighted by Gasteiger charge is 2.53. The molecular formula is C26H33F2N7O6S2. The Morgan fingerprint density at radius 2 is 1.98 bits per heavy atom. The maximum Gasteiger partial charge on any atom is 0.335 e. The maximum absolute atomic E-state index is 13.7. The molecule has 1 amide bonds. The number of rotatable bonds is 9. The van der Waals surface area contributed by atoms with Crippen LogP contribution in [0, 0.1) is 0 Å². The molecule has 17 heteroatoms. The molecule has 6 rings (SSSR count). The van der Waals surface area contributed by atoms with Gasteiger partial charge in [0.15, 0.2) is 5.01 Å². The molecule has 1 atom stereocenters. The Morgan fingerprint density at radius 3 is 2.51 bits per heavy atom. The number of anilines is 1. The van der Waals surface area contributed by atoms with E-state index in [0.717, 1.165) is 4.57 Å². The van der Waals surface area contributed by atoms with Crippen molar-refractivity contribution in [2.75, 3.05) is 44.9 Å². The zero-order valence-corrected chi connectivity index (χ0v) is 25.8. The van der Waals surface area contributed by atoms with Gasteiger partial charge in [-0.25, -0.2) is 31.3 Å². The van der Waals surface area contributed by atoms with Crippen LogP contribution >= 0.6 is 11.3 Å². The van der Waals surface area contributed by atoms with Crippen molar-refractivity contribution in [3.63, 3.8) is 0 Å². The number of ether oxygens (including phenoxy) is 2. The summed E-state index contributed by atoms with van der Waals surface area (Å²) in [6.07, 6.45) is -1.54. The van der Waals surface area contributed by atoms with Gasteiger partial charge in [-0.2, -0.15) is 0 Å². The van der Waals surface area contributed by atoms with Gasteiger partial charge in [0, 0.05) is 39.3 Å². The number of nitrogens with one attached hydrogen (secondary N) is 1. The van der Waals surface area contributed by atoms with Crippen molar-refractivity contribution in [2.45, 2.75) is 68.7 Å². The average Bonchev–Trinajstić information content (AvgIpc) is 3.50. The van der Waals surface area contributed by atoms with E-state index in [9.17, 15) is 26.8 Å². The van der Waals surface area contributed by atoms with Gasteiger partial charge < -0.3 is 19.3 Å². The van der Waals surface area contributed by atoms with E-state index in [0.29, 0.717) is 55.0 Å². The molecule has 0 spiro atoms. The van der Waals surface area contributed by atoms with E-state index in [4.69, 9.17) is 9.47 Å². The van der Waals surface area contributed by atoms with Crippen molar-refractivity contribution in [3.8, 4) is 5.13 Å². The summed E-state index contributed by atoms with van der Waals surface area (Å²) in [6, 6.07) is 2.64. The summed E-state index contributed by atoms with van der Waals surface area (Å²) in [5.41, 5.74) is -1.04. The molecule has 234 valence electrons. The fourth-order valence-corrected chi connectivity index (χ4v) is 7.96. The topological polar surface area (TPSA) is 141 Å². The van der Waals surface area contributed by atoms with Crippen LogP contribution in [0.3, 0.4) is 0 Å². The monoisotopic (exact) mass is 641 g/mol. The first kappa shape index (κ1) is 30.1. The van der Waals surface area contributed by atoms with Gasteiger partial charge in [0.2, 0.25) is 15.2 Å². The van der Waals surface area contributed by atoms with Gasteiger partial charge in [-0.05, 0) is 45.7 Å². The zero-order chi connectivity index (χ0) is 30.9. The largest absolute Gasteiger partial charge is 0.377 e. The highest BCUT2D eigenvalue weighted by Crippen LogP contribution is 2.42. The summed E-state index contributed by atoms with van der Waals surface area (Å²) in [4.78, 5) is 30.6. The lowest BCUT2D eigenvalue weighted by Gasteiger charge is -2.42. The molecule has 3 aliphatic rings. The van der Waals surface area contributed by atoms with Crippen LogP contribution in [0.2, 0.25) is 0 Å². The molecular weight excluding hydrogens is 608 g/mol. The number of methoxy groups -OCH3 is 1. The van der Waals surface area contributed by atoms with Crippen molar-refractivity contribution < 1.29 is 31.5 Å². The molecule has 1 N–H and O–H groups in total. The van der Waals surface area contributed by atoms with Crippen LogP contribution in [0.1, 0.15) is 45.0 Å². The Hall–Kier alpha value is -2.99. The molecule has 2 aromatic heterocycles. The lowest BCUT2D eigenvalue weighted by Crippen LogP contribution is -2.59. The van der Waals surface area contributed by atoms with E-state index in [1.54, 1.807) is 18.7 Å². The minimum Gasteiger partial charge on any atom is -0.377 e. The third kappa shape index (κ3) is 5.04. The van der Waals surface area contributed by atoms with E-state index >= 15 is 0 Å². The van der Waals surface area contributed by atoms with Crippen LogP contribution in [-0.2, 0) is 30.8 Å². The lowest BCUT2D eigenvalue weighted by atomic mass is 10.0. The summed E-state index contributed by atoms with van der Waals surface area (Å²) in [5.74, 6) is -0.0634. The third-order valence-corrected chi connectivity index (χ3v) is 10.9. The molecule has 1 aliphatic carbocycles. The average molecular weight is 642 g/mol. The summed E-state index contributed by atoms with van der Waals surface area (Å²) in [6.45, 7) is 7.13. The van der Waals surface area contributed by atoms with E-state index in [1.165, 1.54) is 23.8 Å². The van der Waals surface area contributed by atoms with Crippen LogP contribution < -0.4 is 15.3 Å². The molecule has 4 heterocycles. The Kier molecular flexibility index (Phi) is 7.39. The smallest absolute Gasteiger partial charge is 0.335 e. The van der Waals surface area contributed by atoms with Gasteiger partial charge in [-0.1, -0.05) is 11.3 Å². The van der Waals surface area contributed by atoms with Gasteiger partial charge >= 0.3 is 5.69 Å². The Bertz CT molecular complexity index is 1750. The number of alkyl halides is 2. The predicted molar refractivity (Wildman–Crippen MR) is 154 cm³/mol. The standard InChI is InChI=1S/C26H33F2N7O6S2/c1-5-33-19-17(32-8-9-34(15(2)12-32)22(36)26(40-4)6-7-26)10-16(43(38,39)31-25(3)13-41-14-25)11-18(19)35(24(33)37)23-30-29-21(42-23)20(27)28/h10-11,15,20,31H,5-9,12-14H2,1-4H3/t15-/m1/s1. The lowest BCUT2D eigenvalue weighted by molar-refractivity contribution is -0.147. The predicted octanol–water partition coefficient (Wildman–Crippen LogP) is 1.88. The number of fused-ring (bicyclic) bond motifs is 1. The summed E-state index contributed by atoms with van der Waals surface area (Å²) in [7, 11) is -2.58. The molecule has 3 fully saturated rings. The number of aromatic nitrogens is 4. The highest BCUT2D eigenvalue weighted by atomic mass is 32.2. The number of imidazole rings is 1. The van der Waals surface area contributed by atoms with E-state index < -0.39 is 38.3 Å². The molecule has 3 aromatic rings. The number of hydrogen-bond donors (Lipinski definition) is 1. The number of carbonyl (C=O) groups excluding carboxylic acids is 1. The van der Waals surface area contributed by atoms with Crippen LogP contribution in [0.15, 0.2) is 21.8 Å². The quantitative estimate of drug-likeness (QED) is 0.371. The number of nitrogens with zero attached hydrogens (tertiary/aromatic N) is 6. The Balaban J connectivity index is 1.49. The molecule has 2 saturated heterocycles. The van der Waals surface area contributed by atoms with E-state index in [2.05, 4.69) is 14.9 Å². The number of hydrogen-bond acceptors (Lipinski definition) is 10. The molecule has 0 radical (unpaired) electrons. The van der Waals surface area contributed by atoms with Crippen LogP contribution in [0.25, 0.3) is 16.2 Å². The van der Waals surface area contributed by atoms with Crippen LogP contribution in [0.5, 0.6) is 0 Å². The molecule has 43 heavy (non-hydrogen) atoms. The van der Waals surface area contributed by atoms with Gasteiger partial charge in [0.05, 0.1) is 40.4 Å². The molecule has 1 saturated carbocycles. The third-order valence-electron chi connectivity index (χ3n) is 8.35. The van der Waals surface area contributed by atoms with Crippen molar-refractivity contribution in [3.05, 3.63) is 27.6 Å². The fraction of sp³-hybridized carbons (Fsp3) is 0.615. The number of sulfonamides is 1. The normalized spacial score (nSPS) is 21.4. The number of halogens is 2. The number of benzene rings is 1. The minimum absolute atomic E-state index is 0.0634. The van der Waals surface area contributed by atoms with Crippen molar-refractivity contribution in [1.29, 1.82) is 0 Å². The first-order valence-electron chi connectivity index (χ1n) is 14.0. The zero-order valence-electron chi connectivity index (χ0n) is 24.2. The fourth-order valence-electron chi connectivity index (χ4n) is 5.83. The molecule has 1 aromatic carbocycles. The highest BCUT2D eigenvalue weighted by molar-refractivity contribution is 7.89. The number of amides is 1. The van der Waals surface area contributed by atoms with Gasteiger partial charge in [0.1, 0.15) is 5.60 Å². The first-order chi connectivity index (χ1) is 20.3. The SMILES string of the molecule is CCn1c(=O)n(-c2nnc(C(F)F)s2)c2cc(S(=O)(=O)NC3(C)COC3)cc(N3CCN(C(=O)C4(OC)CC4)[C@H](C)C3)c21. The minimum atomic E-state index is -4.12. The maximum atomic E-state index is 13.7. The molecule has 0 bridgehead atoms. The summed E-state index contributed by atoms with van der Waals surface area (Å²) >= 11 is 0.565. The number of piperazine rings is 1. The molecule has 2 aliphatic heterocycles. The van der Waals surface area contributed by atoms with E-state index in [1.807, 2.05) is 11.8 Å². The molecule has 0 unspecified atom stereocenters. The second-order valence-electron chi connectivity index (χ2n) is 11.5. The van der Waals surface area contributed by atoms with Gasteiger partial charge in [-0.15, -0.1) is 10.2 Å². The van der Waals surface area contributed by atoms with Crippen molar-refractivity contribution >= 4 is 44.0 Å². The Labute approximate surface area is 250 Å². The summed E-state index contributed by atoms with van der Waals surface area (Å²) in [5, 5.41) is 6.74. The first-order valence-corrected chi connectivity index (χ1v) is 16.3. The van der Waals surface area contributed by atoms with Gasteiger partial charge in [0.25, 0.3) is 12.3 Å². The van der Waals surface area contributed by atoms with Crippen molar-refractivity contribution in [1.82, 2.24) is 29.0 Å².